The summed E-state index contributed by atoms with van der Waals surface area (Å²) in [6.45, 7) is 0. The Morgan fingerprint density at radius 2 is 0.425 bits per heavy atom. The summed E-state index contributed by atoms with van der Waals surface area (Å²) in [6, 6.07) is 0. The Bertz CT molecular complexity index is 2530. The van der Waals surface area contributed by atoms with E-state index in [1.165, 1.54) is 0 Å². The van der Waals surface area contributed by atoms with Crippen LogP contribution in [0.3, 0.4) is 0 Å². The lowest BCUT2D eigenvalue weighted by atomic mass is 9.82. The molecular formula is C12H34O49P12. The van der Waals surface area contributed by atoms with Gasteiger partial charge in [-0.1, -0.05) is 0 Å². The normalized spacial score (nSPS) is 37.3. The molecule has 0 heterocycles. The summed E-state index contributed by atoms with van der Waals surface area (Å²) in [5.41, 5.74) is 0. The Kier molecular flexibility index (Phi) is 22.4. The zero-order chi connectivity index (χ0) is 58.0. The van der Waals surface area contributed by atoms with E-state index in [0.717, 1.165) is 0 Å². The second-order valence-electron chi connectivity index (χ2n) is 12.9. The lowest BCUT2D eigenvalue weighted by Crippen LogP contribution is -2.72. The van der Waals surface area contributed by atoms with Crippen LogP contribution in [0, 0.1) is 0 Å². The number of rotatable bonds is 26. The van der Waals surface area contributed by atoms with Gasteiger partial charge in [-0.05, 0) is 0 Å². The van der Waals surface area contributed by atoms with Crippen molar-refractivity contribution in [3.8, 4) is 0 Å². The number of aliphatic hydroxyl groups is 12. The Labute approximate surface area is 397 Å². The first-order chi connectivity index (χ1) is 31.8. The van der Waals surface area contributed by atoms with E-state index >= 15 is 0 Å². The highest BCUT2D eigenvalue weighted by molar-refractivity contribution is 7.76. The number of phosphoric ester groups is 1. The van der Waals surface area contributed by atoms with Gasteiger partial charge >= 0.3 is 93.9 Å². The van der Waals surface area contributed by atoms with E-state index in [-0.39, 0.29) is 0 Å². The minimum absolute atomic E-state index is 2.88. The van der Waals surface area contributed by atoms with E-state index in [4.69, 9.17) is 24.5 Å². The van der Waals surface area contributed by atoms with Gasteiger partial charge in [-0.15, -0.1) is 0 Å². The van der Waals surface area contributed by atoms with Crippen molar-refractivity contribution in [2.45, 2.75) is 72.6 Å². The summed E-state index contributed by atoms with van der Waals surface area (Å²) in [7, 11) is -86.9. The predicted octanol–water partition coefficient (Wildman–Crippen LogP) is -6.58. The Morgan fingerprint density at radius 1 is 0.247 bits per heavy atom. The molecule has 0 spiro atoms. The van der Waals surface area contributed by atoms with Gasteiger partial charge in [-0.25, -0.2) is 63.8 Å². The molecule has 2 fully saturated rings. The third-order valence-corrected chi connectivity index (χ3v) is 26.3. The molecule has 9 unspecified atom stereocenters. The van der Waals surface area contributed by atoms with Gasteiger partial charge in [0.15, 0.2) is 0 Å². The topological polar surface area (TPSA) is 810 Å². The highest BCUT2D eigenvalue weighted by Gasteiger charge is 2.68. The number of hydrogen-bond donors (Lipinski definition) is 24. The molecule has 0 aromatic carbocycles. The van der Waals surface area contributed by atoms with Crippen molar-refractivity contribution < 1.29 is 231 Å². The molecule has 2 aliphatic rings. The third-order valence-electron chi connectivity index (χ3n) is 7.17. The fourth-order valence-electron chi connectivity index (χ4n) is 4.70. The summed E-state index contributed by atoms with van der Waals surface area (Å²) in [5.74, 6) is -9.66. The van der Waals surface area contributed by atoms with Gasteiger partial charge in [0.25, 0.3) is 0 Å². The second-order valence-corrected chi connectivity index (χ2v) is 31.7. The summed E-state index contributed by atoms with van der Waals surface area (Å²) in [5, 5.41) is 124. The van der Waals surface area contributed by atoms with Crippen molar-refractivity contribution in [2.24, 2.45) is 0 Å². The van der Waals surface area contributed by atoms with Crippen molar-refractivity contribution in [3.05, 3.63) is 0 Å². The second kappa shape index (κ2) is 23.3. The lowest BCUT2D eigenvalue weighted by molar-refractivity contribution is -0.354. The molecule has 73 heavy (non-hydrogen) atoms. The smallest absolute Gasteiger partial charge is 0.387 e. The molecule has 0 radical (unpaired) electrons. The van der Waals surface area contributed by atoms with Gasteiger partial charge in [0.1, 0.15) is 61.0 Å². The number of phosphoric acid groups is 12. The molecule has 2 rings (SSSR count). The van der Waals surface area contributed by atoms with Crippen LogP contribution in [0.4, 0.5) is 0 Å². The quantitative estimate of drug-likeness (QED) is 0.0283. The minimum Gasteiger partial charge on any atom is -0.387 e. The van der Waals surface area contributed by atoms with Crippen LogP contribution in [0.15, 0.2) is 0 Å². The molecule has 2 aliphatic carbocycles. The molecule has 49 nitrogen and oxygen atoms in total. The summed E-state index contributed by atoms with van der Waals surface area (Å²) < 4.78 is 193. The maximum Gasteiger partial charge on any atom is 0.501 e. The first kappa shape index (κ1) is 70.4. The third kappa shape index (κ3) is 20.3. The average molecular weight is 1330 g/mol. The van der Waals surface area contributed by atoms with Gasteiger partial charge < -0.3 is 120 Å². The highest BCUT2D eigenvalue weighted by atomic mass is 31.3. The first-order valence-corrected chi connectivity index (χ1v) is 34.2. The molecule has 0 saturated heterocycles. The summed E-state index contributed by atoms with van der Waals surface area (Å²) in [4.78, 5) is 112. The lowest BCUT2D eigenvalue weighted by Gasteiger charge is -2.49. The van der Waals surface area contributed by atoms with E-state index < -0.39 is 166 Å². The summed E-state index contributed by atoms with van der Waals surface area (Å²) in [6.07, 6.45) is -33.1. The molecule has 0 aromatic heterocycles. The highest BCUT2D eigenvalue weighted by Crippen LogP contribution is 2.83. The summed E-state index contributed by atoms with van der Waals surface area (Å²) >= 11 is 0. The molecule has 0 aromatic rings. The van der Waals surface area contributed by atoms with E-state index in [9.17, 15) is 150 Å². The predicted molar refractivity (Wildman–Crippen MR) is 202 cm³/mol. The zero-order valence-electron chi connectivity index (χ0n) is 33.1. The maximum absolute atomic E-state index is 14.4. The number of aliphatic hydroxyl groups excluding tert-OH is 10. The molecule has 24 N–H and O–H groups in total. The number of hydrogen-bond acceptors (Lipinski definition) is 37. The van der Waals surface area contributed by atoms with Gasteiger partial charge in [0.05, 0.1) is 0 Å². The molecular weight excluding hydrogens is 1300 g/mol. The maximum atomic E-state index is 14.4. The van der Waals surface area contributed by atoms with Gasteiger partial charge in [-0.3, -0.25) is 0 Å². The fraction of sp³-hybridized carbons (Fsp3) is 1.00. The molecule has 436 valence electrons. The monoisotopic (exact) mass is 1330 g/mol. The van der Waals surface area contributed by atoms with Crippen molar-refractivity contribution in [1.29, 1.82) is 0 Å². The first-order valence-electron chi connectivity index (χ1n) is 16.2. The van der Waals surface area contributed by atoms with Crippen molar-refractivity contribution in [1.82, 2.24) is 0 Å². The SMILES string of the molecule is O=P(O)(O)OP(=O)(O)OP(=O)(O)OP(=O)(O)OP(=O)(O)OP(=O)(O)OP(=O)(OP(=O)(O)OP(=O)(O)OP(=O)(O)OP(=O)(O)O)OP(=O)(O[C@]1(O)[C@H](O)[C@H](O)[C@@H](O)[C@H](O)[C@H]1O)O[C@]1(O)[C@H](O)[C@H](O)[C@@H](O)[C@H](O)[C@H]1O. The van der Waals surface area contributed by atoms with Crippen LogP contribution < -0.4 is 0 Å². The Balaban J connectivity index is 2.90. The van der Waals surface area contributed by atoms with Crippen LogP contribution in [-0.4, -0.2) is 193 Å². The molecule has 0 aliphatic heterocycles. The Hall–Kier alpha value is 1.28. The van der Waals surface area contributed by atoms with Crippen molar-refractivity contribution >= 4 is 93.9 Å². The Morgan fingerprint density at radius 3 is 0.616 bits per heavy atom. The molecule has 0 bridgehead atoms. The van der Waals surface area contributed by atoms with Gasteiger partial charge in [-0.2, -0.15) is 47.4 Å². The van der Waals surface area contributed by atoms with Gasteiger partial charge in [0, 0.05) is 0 Å². The van der Waals surface area contributed by atoms with E-state index in [1.54, 1.807) is 0 Å². The van der Waals surface area contributed by atoms with Crippen molar-refractivity contribution in [2.75, 3.05) is 0 Å². The molecule has 2 saturated carbocycles. The van der Waals surface area contributed by atoms with Gasteiger partial charge in [0.2, 0.25) is 11.6 Å². The van der Waals surface area contributed by atoms with Crippen LogP contribution in [-0.2, 0) is 111 Å². The van der Waals surface area contributed by atoms with Crippen LogP contribution >= 0.6 is 93.9 Å². The molecule has 21 atom stereocenters. The largest absolute Gasteiger partial charge is 0.501 e. The van der Waals surface area contributed by atoms with Crippen molar-refractivity contribution in [3.63, 3.8) is 0 Å². The van der Waals surface area contributed by atoms with Crippen LogP contribution in [0.25, 0.3) is 0 Å². The van der Waals surface area contributed by atoms with Crippen LogP contribution in [0.2, 0.25) is 0 Å². The molecule has 61 heteroatoms. The van der Waals surface area contributed by atoms with E-state index in [0.29, 0.717) is 0 Å². The van der Waals surface area contributed by atoms with Crippen LogP contribution in [0.5, 0.6) is 0 Å². The standard InChI is InChI=1S/C12H34O49P12/c13-1-3(15)7(19)11(23,8(20)4(1)16)49-72(47,50-12(24)9(21)5(17)2(14)6(18)10(12)22)61-73(48,59-70(43,44)57-67(37,38)54-65(33,34)52-63(28,29)30)60-71(45,46)58-69(41,42)56-68(39,40)55-66(35,36)53-64(31,32)51-62(25,26)27/h1-10,13-24H,(H,31,32)(H,33,34)(H,35,36)(H,37,38)(H,39,40)(H,41,42)(H,43,44)(H,45,46)(H2,25,26,27)(H2,28,29,30)/t1-,2-,3-,4+,5-,6+,7-,8-,9-,10-,11-,12-,73?/m1/s1. The van der Waals surface area contributed by atoms with Crippen LogP contribution in [0.1, 0.15) is 0 Å². The zero-order valence-corrected chi connectivity index (χ0v) is 43.8. The fourth-order valence-corrected chi connectivity index (χ4v) is 21.8. The minimum atomic E-state index is -8.28. The molecule has 0 amide bonds. The van der Waals surface area contributed by atoms with E-state index in [1.807, 2.05) is 0 Å². The average Bonchev–Trinajstić information content (AvgIpc) is 3.07. The van der Waals surface area contributed by atoms with E-state index in [2.05, 4.69) is 56.5 Å².